The number of unbranched alkanes of at least 4 members (excludes halogenated alkanes) is 2. The van der Waals surface area contributed by atoms with Crippen molar-refractivity contribution in [3.05, 3.63) is 76.4 Å². The van der Waals surface area contributed by atoms with E-state index < -0.39 is 0 Å². The largest absolute Gasteiger partial charge is 0.410 e. The zero-order valence-corrected chi connectivity index (χ0v) is 25.6. The maximum Gasteiger partial charge on any atom is 0.263 e. The summed E-state index contributed by atoms with van der Waals surface area (Å²) in [6.45, 7) is 3.01. The highest BCUT2D eigenvalue weighted by molar-refractivity contribution is 8.26. The van der Waals surface area contributed by atoms with Crippen LogP contribution in [-0.2, 0) is 9.59 Å². The molecule has 1 aromatic rings. The average molecular weight is 619 g/mol. The van der Waals surface area contributed by atoms with Crippen molar-refractivity contribution in [3.63, 3.8) is 0 Å². The number of rotatable bonds is 10. The Hall–Kier alpha value is -4.16. The zero-order valence-electron chi connectivity index (χ0n) is 24.0. The van der Waals surface area contributed by atoms with E-state index in [1.165, 1.54) is 11.8 Å². The summed E-state index contributed by atoms with van der Waals surface area (Å²) in [5.74, 6) is -0.999. The highest BCUT2D eigenvalue weighted by Crippen LogP contribution is 2.26. The number of carbonyl (C=O) groups excluding carboxylic acids is 3. The Kier molecular flexibility index (Phi) is 11.3. The second-order valence-corrected chi connectivity index (χ2v) is 11.8. The van der Waals surface area contributed by atoms with E-state index in [1.807, 2.05) is 25.2 Å². The van der Waals surface area contributed by atoms with E-state index in [-0.39, 0.29) is 29.6 Å². The quantitative estimate of drug-likeness (QED) is 0.102. The predicted octanol–water partition coefficient (Wildman–Crippen LogP) is 4.20. The number of hydrogen-bond acceptors (Lipinski definition) is 9. The Morgan fingerprint density at radius 2 is 1.88 bits per heavy atom. The van der Waals surface area contributed by atoms with Crippen molar-refractivity contribution < 1.29 is 19.6 Å². The molecule has 4 N–H and O–H groups in total. The first kappa shape index (κ1) is 31.8. The fraction of sp³-hybridized carbons (Fsp3) is 0.323. The maximum atomic E-state index is 13.0. The maximum absolute atomic E-state index is 13.0. The van der Waals surface area contributed by atoms with Crippen molar-refractivity contribution in [2.24, 2.45) is 27.0 Å². The van der Waals surface area contributed by atoms with E-state index in [2.05, 4.69) is 26.1 Å². The molecule has 1 aromatic carbocycles. The van der Waals surface area contributed by atoms with Crippen LogP contribution in [0.1, 0.15) is 48.5 Å². The summed E-state index contributed by atoms with van der Waals surface area (Å²) in [6.07, 6.45) is 13.9. The molecule has 12 heteroatoms. The van der Waals surface area contributed by atoms with E-state index in [4.69, 9.17) is 17.2 Å². The van der Waals surface area contributed by atoms with Gasteiger partial charge in [0, 0.05) is 37.3 Å². The highest BCUT2D eigenvalue weighted by Gasteiger charge is 2.27. The zero-order chi connectivity index (χ0) is 30.8. The normalized spacial score (nSPS) is 23.6. The number of nitrogens with one attached hydrogen (secondary N) is 3. The number of hydrogen-bond donors (Lipinski definition) is 4. The van der Waals surface area contributed by atoms with Gasteiger partial charge in [-0.2, -0.15) is 0 Å². The second kappa shape index (κ2) is 15.4. The molecule has 224 valence electrons. The van der Waals surface area contributed by atoms with Gasteiger partial charge in [-0.1, -0.05) is 60.3 Å². The molecule has 4 rings (SSSR count). The Morgan fingerprint density at radius 1 is 1.14 bits per heavy atom. The third-order valence-corrected chi connectivity index (χ3v) is 8.30. The first-order valence-electron chi connectivity index (χ1n) is 14.0. The molecule has 2 atom stereocenters. The lowest BCUT2D eigenvalue weighted by Gasteiger charge is -2.22. The van der Waals surface area contributed by atoms with Gasteiger partial charge in [-0.05, 0) is 67.7 Å². The molecule has 0 saturated carbocycles. The van der Waals surface area contributed by atoms with Gasteiger partial charge in [-0.25, -0.2) is 0 Å². The van der Waals surface area contributed by atoms with Gasteiger partial charge in [0.2, 0.25) is 5.91 Å². The molecule has 0 aromatic heterocycles. The number of carbonyl (C=O) groups is 3. The van der Waals surface area contributed by atoms with Crippen LogP contribution < -0.4 is 16.0 Å². The van der Waals surface area contributed by atoms with E-state index in [1.54, 1.807) is 49.5 Å². The lowest BCUT2D eigenvalue weighted by Crippen LogP contribution is -2.34. The number of aliphatic imine (C=N–C) groups is 2. The molecule has 0 spiro atoms. The van der Waals surface area contributed by atoms with Gasteiger partial charge < -0.3 is 21.2 Å². The van der Waals surface area contributed by atoms with Gasteiger partial charge in [-0.3, -0.25) is 24.4 Å². The first-order chi connectivity index (χ1) is 20.8. The molecule has 1 fully saturated rings. The van der Waals surface area contributed by atoms with Crippen molar-refractivity contribution in [2.45, 2.75) is 32.6 Å². The number of nitrogens with zero attached hydrogens (tertiary/aromatic N) is 3. The monoisotopic (exact) mass is 618 g/mol. The average Bonchev–Trinajstić information content (AvgIpc) is 3.33. The number of thiocarbonyl (C=S) groups is 1. The molecule has 3 amide bonds. The summed E-state index contributed by atoms with van der Waals surface area (Å²) in [6, 6.07) is 7.03. The van der Waals surface area contributed by atoms with Crippen LogP contribution in [0.25, 0.3) is 6.08 Å². The Balaban J connectivity index is 1.17. The van der Waals surface area contributed by atoms with Gasteiger partial charge in [0.05, 0.1) is 22.2 Å². The summed E-state index contributed by atoms with van der Waals surface area (Å²) in [4.78, 5) is 46.9. The summed E-state index contributed by atoms with van der Waals surface area (Å²) in [5.41, 5.74) is 3.84. The summed E-state index contributed by atoms with van der Waals surface area (Å²) >= 11 is 6.22. The molecule has 10 nitrogen and oxygen atoms in total. The Labute approximate surface area is 260 Å². The van der Waals surface area contributed by atoms with Crippen LogP contribution in [0.2, 0.25) is 0 Å². The SMILES string of the molecule is CN=C1C(=NO)C=CC(=NC2=CC=CC[C@@H]2C(=O)NCCCCCNC(=O)c2ccc(/C=C3\SC(=S)NC3=O)cc2)C1C. The lowest BCUT2D eigenvalue weighted by atomic mass is 9.89. The van der Waals surface area contributed by atoms with Gasteiger partial charge in [0.1, 0.15) is 10.0 Å². The van der Waals surface area contributed by atoms with Crippen molar-refractivity contribution in [3.8, 4) is 0 Å². The van der Waals surface area contributed by atoms with Gasteiger partial charge in [-0.15, -0.1) is 0 Å². The fourth-order valence-corrected chi connectivity index (χ4v) is 5.82. The molecule has 43 heavy (non-hydrogen) atoms. The van der Waals surface area contributed by atoms with Crippen LogP contribution in [0.15, 0.2) is 80.4 Å². The molecule has 1 aliphatic heterocycles. The van der Waals surface area contributed by atoms with Crippen LogP contribution in [0.3, 0.4) is 0 Å². The van der Waals surface area contributed by atoms with E-state index in [0.29, 0.717) is 51.4 Å². The lowest BCUT2D eigenvalue weighted by molar-refractivity contribution is -0.123. The van der Waals surface area contributed by atoms with Crippen LogP contribution >= 0.6 is 24.0 Å². The van der Waals surface area contributed by atoms with Gasteiger partial charge in [0.25, 0.3) is 11.8 Å². The summed E-state index contributed by atoms with van der Waals surface area (Å²) in [7, 11) is 1.65. The number of thioether (sulfide) groups is 1. The van der Waals surface area contributed by atoms with Gasteiger partial charge >= 0.3 is 0 Å². The third kappa shape index (κ3) is 8.45. The van der Waals surface area contributed by atoms with Crippen LogP contribution in [0.4, 0.5) is 0 Å². The molecule has 1 heterocycles. The molecule has 2 aliphatic carbocycles. The van der Waals surface area contributed by atoms with Gasteiger partial charge in [0.15, 0.2) is 0 Å². The molecule has 0 radical (unpaired) electrons. The minimum atomic E-state index is -0.388. The molecular weight excluding hydrogens is 585 g/mol. The molecule has 1 saturated heterocycles. The predicted molar refractivity (Wildman–Crippen MR) is 176 cm³/mol. The second-order valence-electron chi connectivity index (χ2n) is 10.1. The standard InChI is InChI=1S/C31H34N6O4S2/c1-19-23(14-15-25(37-41)27(19)32-2)35-24-9-5-4-8-22(24)29(39)34-17-7-3-6-16-33-28(38)21-12-10-20(11-13-21)18-26-30(40)36-31(42)43-26/h4-5,9-15,18-19,22,41H,3,6-8,16-17H2,1-2H3,(H,33,38)(H,34,39)(H,36,40,42)/b26-18-,32-27?,35-23?,37-25?/t19?,22-/m0/s1. The summed E-state index contributed by atoms with van der Waals surface area (Å²) < 4.78 is 0.437. The Morgan fingerprint density at radius 3 is 2.56 bits per heavy atom. The smallest absolute Gasteiger partial charge is 0.263 e. The van der Waals surface area contributed by atoms with Crippen LogP contribution in [-0.4, -0.2) is 64.5 Å². The Bertz CT molecular complexity index is 1490. The molecule has 0 bridgehead atoms. The van der Waals surface area contributed by atoms with Crippen LogP contribution in [0.5, 0.6) is 0 Å². The third-order valence-electron chi connectivity index (χ3n) is 7.13. The molecule has 3 aliphatic rings. The first-order valence-corrected chi connectivity index (χ1v) is 15.3. The minimum Gasteiger partial charge on any atom is -0.410 e. The van der Waals surface area contributed by atoms with E-state index >= 15 is 0 Å². The topological polar surface area (TPSA) is 145 Å². The fourth-order valence-electron chi connectivity index (χ4n) is 4.78. The minimum absolute atomic E-state index is 0.0726. The van der Waals surface area contributed by atoms with Crippen molar-refractivity contribution in [1.29, 1.82) is 0 Å². The number of benzene rings is 1. The van der Waals surface area contributed by atoms with Crippen molar-refractivity contribution >= 4 is 69.2 Å². The highest BCUT2D eigenvalue weighted by atomic mass is 32.2. The van der Waals surface area contributed by atoms with Crippen molar-refractivity contribution in [1.82, 2.24) is 16.0 Å². The van der Waals surface area contributed by atoms with Crippen molar-refractivity contribution in [2.75, 3.05) is 20.1 Å². The van der Waals surface area contributed by atoms with E-state index in [9.17, 15) is 19.6 Å². The molecular formula is C31H34N6O4S2. The van der Waals surface area contributed by atoms with Crippen LogP contribution in [0, 0.1) is 11.8 Å². The summed E-state index contributed by atoms with van der Waals surface area (Å²) in [5, 5.41) is 21.0. The number of oxime groups is 1. The number of allylic oxidation sites excluding steroid dienone is 5. The number of amides is 3. The molecule has 1 unspecified atom stereocenters. The van der Waals surface area contributed by atoms with E-state index in [0.717, 1.165) is 30.5 Å².